The number of nitrogens with zero attached hydrogens (tertiary/aromatic N) is 2. The third kappa shape index (κ3) is 3.62. The lowest BCUT2D eigenvalue weighted by Gasteiger charge is -2.10. The van der Waals surface area contributed by atoms with E-state index in [1.165, 1.54) is 86.3 Å². The van der Waals surface area contributed by atoms with Gasteiger partial charge in [0, 0.05) is 53.1 Å². The predicted molar refractivity (Wildman–Crippen MR) is 193 cm³/mol. The minimum atomic E-state index is 1.18. The summed E-state index contributed by atoms with van der Waals surface area (Å²) >= 11 is 1.87. The van der Waals surface area contributed by atoms with Crippen LogP contribution in [0.25, 0.3) is 86.3 Å². The monoisotopic (exact) mass is 590 g/mol. The van der Waals surface area contributed by atoms with E-state index in [9.17, 15) is 0 Å². The van der Waals surface area contributed by atoms with Crippen LogP contribution in [0.5, 0.6) is 0 Å². The van der Waals surface area contributed by atoms with Crippen LogP contribution in [0.15, 0.2) is 158 Å². The second-order valence-electron chi connectivity index (χ2n) is 11.8. The minimum Gasteiger partial charge on any atom is -0.309 e. The van der Waals surface area contributed by atoms with E-state index in [-0.39, 0.29) is 0 Å². The highest BCUT2D eigenvalue weighted by atomic mass is 32.1. The van der Waals surface area contributed by atoms with Gasteiger partial charge in [0.25, 0.3) is 0 Å². The molecule has 0 aliphatic rings. The highest BCUT2D eigenvalue weighted by Crippen LogP contribution is 2.40. The molecule has 0 saturated heterocycles. The van der Waals surface area contributed by atoms with E-state index < -0.39 is 0 Å². The topological polar surface area (TPSA) is 9.86 Å². The van der Waals surface area contributed by atoms with E-state index in [0.29, 0.717) is 0 Å². The van der Waals surface area contributed by atoms with E-state index in [1.54, 1.807) is 0 Å². The number of fused-ring (bicyclic) bond motifs is 9. The molecule has 0 amide bonds. The third-order valence-corrected chi connectivity index (χ3v) is 10.5. The molecule has 0 spiro atoms. The van der Waals surface area contributed by atoms with E-state index in [0.717, 1.165) is 0 Å². The average Bonchev–Trinajstić information content (AvgIpc) is 3.75. The Morgan fingerprint density at radius 3 is 1.71 bits per heavy atom. The molecule has 10 aromatic rings. The molecule has 0 saturated carbocycles. The Morgan fingerprint density at radius 1 is 0.311 bits per heavy atom. The van der Waals surface area contributed by atoms with Crippen LogP contribution in [0.3, 0.4) is 0 Å². The van der Waals surface area contributed by atoms with Crippen molar-refractivity contribution in [2.75, 3.05) is 0 Å². The zero-order valence-electron chi connectivity index (χ0n) is 24.3. The molecule has 3 aromatic heterocycles. The molecule has 7 aromatic carbocycles. The lowest BCUT2D eigenvalue weighted by atomic mass is 10.0. The van der Waals surface area contributed by atoms with Crippen molar-refractivity contribution < 1.29 is 0 Å². The Hall–Kier alpha value is -5.64. The molecule has 3 heterocycles. The fourth-order valence-corrected chi connectivity index (χ4v) is 8.38. The van der Waals surface area contributed by atoms with E-state index in [4.69, 9.17) is 0 Å². The van der Waals surface area contributed by atoms with Gasteiger partial charge in [-0.05, 0) is 77.9 Å². The van der Waals surface area contributed by atoms with Crippen LogP contribution in [0.2, 0.25) is 0 Å². The first-order valence-corrected chi connectivity index (χ1v) is 16.2. The molecular weight excluding hydrogens is 565 g/mol. The summed E-state index contributed by atoms with van der Waals surface area (Å²) in [7, 11) is 0. The Bertz CT molecular complexity index is 2760. The first kappa shape index (κ1) is 24.8. The van der Waals surface area contributed by atoms with Crippen molar-refractivity contribution in [3.05, 3.63) is 158 Å². The van der Waals surface area contributed by atoms with Gasteiger partial charge in [0.05, 0.1) is 22.1 Å². The van der Waals surface area contributed by atoms with Crippen molar-refractivity contribution in [2.45, 2.75) is 0 Å². The van der Waals surface area contributed by atoms with Crippen LogP contribution in [-0.2, 0) is 0 Å². The molecule has 210 valence electrons. The Morgan fingerprint density at radius 2 is 0.889 bits per heavy atom. The normalized spacial score (nSPS) is 12.0. The molecule has 0 fully saturated rings. The van der Waals surface area contributed by atoms with Crippen molar-refractivity contribution in [1.82, 2.24) is 9.13 Å². The smallest absolute Gasteiger partial charge is 0.0547 e. The number of para-hydroxylation sites is 3. The van der Waals surface area contributed by atoms with E-state index >= 15 is 0 Å². The summed E-state index contributed by atoms with van der Waals surface area (Å²) in [4.78, 5) is 0. The first-order valence-electron chi connectivity index (χ1n) is 15.4. The maximum Gasteiger partial charge on any atom is 0.0547 e. The molecule has 0 N–H and O–H groups in total. The number of benzene rings is 7. The van der Waals surface area contributed by atoms with Gasteiger partial charge >= 0.3 is 0 Å². The summed E-state index contributed by atoms with van der Waals surface area (Å²) in [5.74, 6) is 0. The van der Waals surface area contributed by atoms with Gasteiger partial charge in [-0.3, -0.25) is 0 Å². The third-order valence-electron chi connectivity index (χ3n) is 9.31. The number of hydrogen-bond acceptors (Lipinski definition) is 1. The summed E-state index contributed by atoms with van der Waals surface area (Å²) in [6.07, 6.45) is 0. The zero-order valence-corrected chi connectivity index (χ0v) is 25.1. The van der Waals surface area contributed by atoms with Gasteiger partial charge in [0.15, 0.2) is 0 Å². The molecule has 0 aliphatic heterocycles. The van der Waals surface area contributed by atoms with Crippen molar-refractivity contribution in [2.24, 2.45) is 0 Å². The second kappa shape index (κ2) is 9.43. The zero-order chi connectivity index (χ0) is 29.5. The largest absolute Gasteiger partial charge is 0.309 e. The van der Waals surface area contributed by atoms with Crippen molar-refractivity contribution in [1.29, 1.82) is 0 Å². The Labute approximate surface area is 263 Å². The van der Waals surface area contributed by atoms with E-state index in [2.05, 4.69) is 167 Å². The van der Waals surface area contributed by atoms with Crippen molar-refractivity contribution >= 4 is 75.1 Å². The Kier molecular flexibility index (Phi) is 5.19. The van der Waals surface area contributed by atoms with Crippen LogP contribution in [0.1, 0.15) is 0 Å². The van der Waals surface area contributed by atoms with Gasteiger partial charge in [-0.1, -0.05) is 91.0 Å². The summed E-state index contributed by atoms with van der Waals surface area (Å²) in [5.41, 5.74) is 9.70. The number of hydrogen-bond donors (Lipinski definition) is 0. The van der Waals surface area contributed by atoms with Gasteiger partial charge < -0.3 is 9.13 Å². The van der Waals surface area contributed by atoms with Crippen molar-refractivity contribution in [3.8, 4) is 22.5 Å². The fourth-order valence-electron chi connectivity index (χ4n) is 7.29. The standard InChI is InChI=1S/C42H26N2S/c1-2-10-29(11-3-1)43-38-16-8-5-13-32(38)35-24-27(19-22-39(35)43)28-18-21-33-31-12-4-7-15-37(31)44(40(33)25-28)30-20-23-42-36(26-30)34-14-6-9-17-41(34)45-42/h1-26H. The summed E-state index contributed by atoms with van der Waals surface area (Å²) in [6.45, 7) is 0. The van der Waals surface area contributed by atoms with Gasteiger partial charge in [-0.25, -0.2) is 0 Å². The maximum atomic E-state index is 2.44. The second-order valence-corrected chi connectivity index (χ2v) is 12.9. The van der Waals surface area contributed by atoms with Crippen molar-refractivity contribution in [3.63, 3.8) is 0 Å². The maximum absolute atomic E-state index is 2.44. The molecule has 10 rings (SSSR count). The lowest BCUT2D eigenvalue weighted by molar-refractivity contribution is 1.18. The quantitative estimate of drug-likeness (QED) is 0.194. The predicted octanol–water partition coefficient (Wildman–Crippen LogP) is 11.9. The molecular formula is C42H26N2S. The van der Waals surface area contributed by atoms with Gasteiger partial charge in [-0.15, -0.1) is 11.3 Å². The molecule has 2 nitrogen and oxygen atoms in total. The molecule has 0 aliphatic carbocycles. The first-order chi connectivity index (χ1) is 22.3. The average molecular weight is 591 g/mol. The van der Waals surface area contributed by atoms with Crippen LogP contribution in [0.4, 0.5) is 0 Å². The summed E-state index contributed by atoms with van der Waals surface area (Å²) < 4.78 is 7.47. The van der Waals surface area contributed by atoms with Crippen LogP contribution >= 0.6 is 11.3 Å². The van der Waals surface area contributed by atoms with Crippen LogP contribution in [-0.4, -0.2) is 9.13 Å². The van der Waals surface area contributed by atoms with E-state index in [1.807, 2.05) is 11.3 Å². The van der Waals surface area contributed by atoms with Crippen LogP contribution < -0.4 is 0 Å². The number of rotatable bonds is 3. The molecule has 3 heteroatoms. The van der Waals surface area contributed by atoms with Gasteiger partial charge in [0.2, 0.25) is 0 Å². The summed E-state index contributed by atoms with van der Waals surface area (Å²) in [6, 6.07) is 57.7. The van der Waals surface area contributed by atoms with Crippen LogP contribution in [0, 0.1) is 0 Å². The van der Waals surface area contributed by atoms with Gasteiger partial charge in [-0.2, -0.15) is 0 Å². The number of aromatic nitrogens is 2. The summed E-state index contributed by atoms with van der Waals surface area (Å²) in [5, 5.41) is 7.72. The minimum absolute atomic E-state index is 1.18. The highest BCUT2D eigenvalue weighted by molar-refractivity contribution is 7.25. The number of thiophene rings is 1. The lowest BCUT2D eigenvalue weighted by Crippen LogP contribution is -1.94. The van der Waals surface area contributed by atoms with Gasteiger partial charge in [0.1, 0.15) is 0 Å². The molecule has 0 radical (unpaired) electrons. The fraction of sp³-hybridized carbons (Fsp3) is 0. The highest BCUT2D eigenvalue weighted by Gasteiger charge is 2.16. The SMILES string of the molecule is c1ccc(-n2c3ccccc3c3cc(-c4ccc5c6ccccc6n(-c6ccc7sc8ccccc8c7c6)c5c4)ccc32)cc1. The molecule has 0 atom stereocenters. The molecule has 45 heavy (non-hydrogen) atoms. The molecule has 0 bridgehead atoms. The molecule has 0 unspecified atom stereocenters. The Balaban J connectivity index is 1.21.